The molecule has 26 heavy (non-hydrogen) atoms. The molecule has 3 rings (SSSR count). The maximum absolute atomic E-state index is 12.6. The largest absolute Gasteiger partial charge is 0.493 e. The maximum Gasteiger partial charge on any atom is 0.315 e. The van der Waals surface area contributed by atoms with Crippen molar-refractivity contribution in [1.29, 1.82) is 0 Å². The minimum atomic E-state index is -2.78. The lowest BCUT2D eigenvalue weighted by Gasteiger charge is -2.13. The molecule has 0 saturated carbocycles. The lowest BCUT2D eigenvalue weighted by molar-refractivity contribution is 0.106. The summed E-state index contributed by atoms with van der Waals surface area (Å²) in [7, 11) is 0. The van der Waals surface area contributed by atoms with Gasteiger partial charge in [0.2, 0.25) is 5.82 Å². The fraction of sp³-hybridized carbons (Fsp3) is 0.412. The van der Waals surface area contributed by atoms with Gasteiger partial charge in [-0.15, -0.1) is 0 Å². The molecule has 2 heterocycles. The average molecular weight is 380 g/mol. The van der Waals surface area contributed by atoms with Crippen molar-refractivity contribution in [3.63, 3.8) is 0 Å². The van der Waals surface area contributed by atoms with Crippen LogP contribution in [0.25, 0.3) is 11.4 Å². The Bertz CT molecular complexity index is 872. The SMILES string of the molecule is Cc1nsc(CCCOc2c(C)cc(-c3noc(C(F)F)n3)cc2C)n1. The molecule has 0 bridgehead atoms. The fourth-order valence-electron chi connectivity index (χ4n) is 2.59. The zero-order valence-corrected chi connectivity index (χ0v) is 15.4. The summed E-state index contributed by atoms with van der Waals surface area (Å²) in [6.45, 7) is 6.22. The topological polar surface area (TPSA) is 73.9 Å². The van der Waals surface area contributed by atoms with Crippen molar-refractivity contribution < 1.29 is 18.0 Å². The van der Waals surface area contributed by atoms with Gasteiger partial charge in [0.25, 0.3) is 5.89 Å². The molecule has 9 heteroatoms. The Labute approximate surface area is 153 Å². The highest BCUT2D eigenvalue weighted by molar-refractivity contribution is 7.05. The molecular formula is C17H18F2N4O2S. The number of halogens is 2. The molecule has 6 nitrogen and oxygen atoms in total. The number of nitrogens with zero attached hydrogens (tertiary/aromatic N) is 4. The molecule has 0 saturated heterocycles. The number of hydrogen-bond donors (Lipinski definition) is 0. The van der Waals surface area contributed by atoms with E-state index in [1.54, 1.807) is 12.1 Å². The first-order valence-electron chi connectivity index (χ1n) is 8.09. The van der Waals surface area contributed by atoms with Crippen molar-refractivity contribution in [1.82, 2.24) is 19.5 Å². The van der Waals surface area contributed by atoms with E-state index in [-0.39, 0.29) is 5.82 Å². The van der Waals surface area contributed by atoms with Crippen molar-refractivity contribution in [2.45, 2.75) is 40.0 Å². The summed E-state index contributed by atoms with van der Waals surface area (Å²) in [4.78, 5) is 8.05. The van der Waals surface area contributed by atoms with Crippen LogP contribution < -0.4 is 4.74 Å². The minimum Gasteiger partial charge on any atom is -0.493 e. The highest BCUT2D eigenvalue weighted by Gasteiger charge is 2.18. The molecule has 0 aliphatic heterocycles. The average Bonchev–Trinajstić information content (AvgIpc) is 3.22. The summed E-state index contributed by atoms with van der Waals surface area (Å²) in [5, 5.41) is 4.61. The van der Waals surface area contributed by atoms with Gasteiger partial charge in [-0.25, -0.2) is 4.98 Å². The van der Waals surface area contributed by atoms with Gasteiger partial charge < -0.3 is 9.26 Å². The van der Waals surface area contributed by atoms with E-state index in [4.69, 9.17) is 4.74 Å². The van der Waals surface area contributed by atoms with Crippen LogP contribution in [-0.4, -0.2) is 26.1 Å². The molecule has 1 aromatic carbocycles. The van der Waals surface area contributed by atoms with Crippen LogP contribution in [0.2, 0.25) is 0 Å². The van der Waals surface area contributed by atoms with Crippen LogP contribution in [0.3, 0.4) is 0 Å². The summed E-state index contributed by atoms with van der Waals surface area (Å²) < 4.78 is 39.8. The van der Waals surface area contributed by atoms with Gasteiger partial charge in [-0.3, -0.25) is 0 Å². The van der Waals surface area contributed by atoms with Gasteiger partial charge >= 0.3 is 6.43 Å². The van der Waals surface area contributed by atoms with Gasteiger partial charge in [-0.1, -0.05) is 5.16 Å². The van der Waals surface area contributed by atoms with Crippen molar-refractivity contribution >= 4 is 11.5 Å². The van der Waals surface area contributed by atoms with Crippen molar-refractivity contribution in [2.24, 2.45) is 0 Å². The first-order valence-corrected chi connectivity index (χ1v) is 8.86. The summed E-state index contributed by atoms with van der Waals surface area (Å²) >= 11 is 1.41. The number of aromatic nitrogens is 4. The van der Waals surface area contributed by atoms with Crippen molar-refractivity contribution in [3.8, 4) is 17.1 Å². The molecule has 0 fully saturated rings. The molecule has 0 atom stereocenters. The molecule has 2 aromatic heterocycles. The Morgan fingerprint density at radius 1 is 1.15 bits per heavy atom. The molecule has 0 radical (unpaired) electrons. The van der Waals surface area contributed by atoms with Crippen LogP contribution in [0.1, 0.15) is 40.7 Å². The zero-order valence-electron chi connectivity index (χ0n) is 14.6. The van der Waals surface area contributed by atoms with Gasteiger partial charge in [0, 0.05) is 12.0 Å². The van der Waals surface area contributed by atoms with Gasteiger partial charge in [0.15, 0.2) is 0 Å². The molecule has 0 amide bonds. The van der Waals surface area contributed by atoms with Crippen LogP contribution >= 0.6 is 11.5 Å². The fourth-order valence-corrected chi connectivity index (χ4v) is 3.27. The predicted octanol–water partition coefficient (Wildman–Crippen LogP) is 4.46. The molecule has 0 unspecified atom stereocenters. The van der Waals surface area contributed by atoms with E-state index in [9.17, 15) is 8.78 Å². The van der Waals surface area contributed by atoms with Crippen LogP contribution in [0.5, 0.6) is 5.75 Å². The monoisotopic (exact) mass is 380 g/mol. The Morgan fingerprint density at radius 2 is 1.88 bits per heavy atom. The van der Waals surface area contributed by atoms with E-state index in [1.165, 1.54) is 11.5 Å². The standard InChI is InChI=1S/C17H18F2N4O2S/c1-9-7-12(16-21-17(15(18)19)25-22-16)8-10(2)14(9)24-6-4-5-13-20-11(3)23-26-13/h7-8,15H,4-6H2,1-3H3. The van der Waals surface area contributed by atoms with E-state index < -0.39 is 12.3 Å². The predicted molar refractivity (Wildman–Crippen MR) is 92.6 cm³/mol. The second kappa shape index (κ2) is 7.86. The van der Waals surface area contributed by atoms with Crippen molar-refractivity contribution in [2.75, 3.05) is 6.61 Å². The number of hydrogen-bond acceptors (Lipinski definition) is 7. The Balaban J connectivity index is 1.65. The number of aryl methyl sites for hydroxylation is 4. The molecular weight excluding hydrogens is 362 g/mol. The third kappa shape index (κ3) is 4.21. The molecule has 0 N–H and O–H groups in total. The highest BCUT2D eigenvalue weighted by Crippen LogP contribution is 2.30. The van der Waals surface area contributed by atoms with Gasteiger partial charge in [-0.05, 0) is 62.0 Å². The number of alkyl halides is 2. The summed E-state index contributed by atoms with van der Waals surface area (Å²) in [5.41, 5.74) is 2.39. The lowest BCUT2D eigenvalue weighted by Crippen LogP contribution is -2.02. The second-order valence-electron chi connectivity index (χ2n) is 5.88. The van der Waals surface area contributed by atoms with Crippen LogP contribution in [0.4, 0.5) is 8.78 Å². The van der Waals surface area contributed by atoms with Crippen LogP contribution in [-0.2, 0) is 6.42 Å². The summed E-state index contributed by atoms with van der Waals surface area (Å²) in [6, 6.07) is 3.60. The molecule has 0 aliphatic rings. The third-order valence-electron chi connectivity index (χ3n) is 3.70. The smallest absolute Gasteiger partial charge is 0.315 e. The van der Waals surface area contributed by atoms with E-state index >= 15 is 0 Å². The molecule has 138 valence electrons. The first kappa shape index (κ1) is 18.4. The second-order valence-corrected chi connectivity index (χ2v) is 6.72. The third-order valence-corrected chi connectivity index (χ3v) is 4.56. The number of ether oxygens (including phenoxy) is 1. The molecule has 0 spiro atoms. The Hall–Kier alpha value is -2.42. The van der Waals surface area contributed by atoms with E-state index in [2.05, 4.69) is 24.0 Å². The van der Waals surface area contributed by atoms with Crippen LogP contribution in [0.15, 0.2) is 16.7 Å². The lowest BCUT2D eigenvalue weighted by atomic mass is 10.1. The van der Waals surface area contributed by atoms with Crippen molar-refractivity contribution in [3.05, 3.63) is 40.0 Å². The number of benzene rings is 1. The molecule has 0 aliphatic carbocycles. The van der Waals surface area contributed by atoms with Crippen LogP contribution in [0, 0.1) is 20.8 Å². The molecule has 3 aromatic rings. The Morgan fingerprint density at radius 3 is 2.46 bits per heavy atom. The van der Waals surface area contributed by atoms with Gasteiger partial charge in [0.1, 0.15) is 16.6 Å². The number of rotatable bonds is 7. The highest BCUT2D eigenvalue weighted by atomic mass is 32.1. The maximum atomic E-state index is 12.6. The van der Waals surface area contributed by atoms with Gasteiger partial charge in [0.05, 0.1) is 6.61 Å². The minimum absolute atomic E-state index is 0.143. The van der Waals surface area contributed by atoms with E-state index in [0.717, 1.165) is 40.6 Å². The normalized spacial score (nSPS) is 11.3. The van der Waals surface area contributed by atoms with E-state index in [1.807, 2.05) is 20.8 Å². The summed E-state index contributed by atoms with van der Waals surface area (Å²) in [6.07, 6.45) is -1.13. The zero-order chi connectivity index (χ0) is 18.7. The van der Waals surface area contributed by atoms with Gasteiger partial charge in [-0.2, -0.15) is 18.1 Å². The quantitative estimate of drug-likeness (QED) is 0.563. The summed E-state index contributed by atoms with van der Waals surface area (Å²) in [5.74, 6) is 1.04. The first-order chi connectivity index (χ1) is 12.4. The Kier molecular flexibility index (Phi) is 5.55. The van der Waals surface area contributed by atoms with E-state index in [0.29, 0.717) is 12.2 Å².